The molecular weight excluding hydrogens is 478 g/mol. The van der Waals surface area contributed by atoms with Crippen molar-refractivity contribution in [1.82, 2.24) is 0 Å². The fourth-order valence-corrected chi connectivity index (χ4v) is 3.07. The van der Waals surface area contributed by atoms with Crippen LogP contribution in [0.25, 0.3) is 0 Å². The largest absolute Gasteiger partial charge is 0.456 e. The molecule has 0 atom stereocenters. The van der Waals surface area contributed by atoms with Gasteiger partial charge in [-0.2, -0.15) is 0 Å². The zero-order valence-electron chi connectivity index (χ0n) is 14.5. The molecule has 11 heteroatoms. The summed E-state index contributed by atoms with van der Waals surface area (Å²) in [5, 5.41) is 23.7. The molecule has 0 saturated heterocycles. The molecule has 26 heavy (non-hydrogen) atoms. The fraction of sp³-hybridized carbons (Fsp3) is 0.533. The predicted molar refractivity (Wildman–Crippen MR) is 105 cm³/mol. The van der Waals surface area contributed by atoms with Crippen molar-refractivity contribution in [2.45, 2.75) is 26.4 Å². The van der Waals surface area contributed by atoms with Crippen LogP contribution in [0.2, 0.25) is 0 Å². The molecule has 1 aromatic carbocycles. The van der Waals surface area contributed by atoms with Crippen LogP contribution in [0.1, 0.15) is 31.1 Å². The van der Waals surface area contributed by atoms with Gasteiger partial charge in [-0.05, 0) is 20.8 Å². The van der Waals surface area contributed by atoms with Crippen molar-refractivity contribution in [3.63, 3.8) is 0 Å². The number of carbonyl (C=O) groups excluding carboxylic acids is 1. The number of hydrogen-bond donors (Lipinski definition) is 0. The quantitative estimate of drug-likeness (QED) is 0.230. The van der Waals surface area contributed by atoms with Crippen molar-refractivity contribution >= 4 is 54.9 Å². The van der Waals surface area contributed by atoms with Crippen LogP contribution in [-0.4, -0.2) is 45.2 Å². The van der Waals surface area contributed by atoms with E-state index in [1.165, 1.54) is 0 Å². The molecule has 0 aliphatic carbocycles. The number of nitro groups is 2. The van der Waals surface area contributed by atoms with E-state index in [2.05, 4.69) is 31.9 Å². The van der Waals surface area contributed by atoms with E-state index < -0.39 is 32.8 Å². The summed E-state index contributed by atoms with van der Waals surface area (Å²) in [6.07, 6.45) is 0. The zero-order chi connectivity index (χ0) is 20.1. The first kappa shape index (κ1) is 22.3. The average Bonchev–Trinajstić information content (AvgIpc) is 2.51. The van der Waals surface area contributed by atoms with Gasteiger partial charge in [0.25, 0.3) is 11.4 Å². The standard InChI is InChI=1S/C15H19Br2N3O6/c1-15(2,3)26-14(21)11-8-10(19(22)23)9-12(20(24)25)13(11)18(6-4-16)7-5-17/h8-9H,4-7H2,1-3H3. The molecule has 1 rings (SSSR count). The molecule has 144 valence electrons. The molecule has 0 aliphatic rings. The summed E-state index contributed by atoms with van der Waals surface area (Å²) in [4.78, 5) is 35.5. The number of hydrogen-bond acceptors (Lipinski definition) is 7. The smallest absolute Gasteiger partial charge is 0.341 e. The number of carbonyl (C=O) groups is 1. The Hall–Kier alpha value is -1.75. The van der Waals surface area contributed by atoms with Crippen molar-refractivity contribution in [1.29, 1.82) is 0 Å². The number of nitrogens with zero attached hydrogens (tertiary/aromatic N) is 3. The van der Waals surface area contributed by atoms with E-state index in [1.807, 2.05) is 0 Å². The van der Waals surface area contributed by atoms with Crippen molar-refractivity contribution in [2.24, 2.45) is 0 Å². The van der Waals surface area contributed by atoms with Crippen molar-refractivity contribution in [2.75, 3.05) is 28.6 Å². The number of halogens is 2. The van der Waals surface area contributed by atoms with E-state index in [1.54, 1.807) is 25.7 Å². The molecule has 0 unspecified atom stereocenters. The maximum atomic E-state index is 12.6. The van der Waals surface area contributed by atoms with E-state index in [0.29, 0.717) is 23.7 Å². The second kappa shape index (κ2) is 9.26. The summed E-state index contributed by atoms with van der Waals surface area (Å²) in [5.41, 5.74) is -2.11. The molecular formula is C15H19Br2N3O6. The molecule has 0 spiro atoms. The van der Waals surface area contributed by atoms with E-state index >= 15 is 0 Å². The lowest BCUT2D eigenvalue weighted by Crippen LogP contribution is -2.31. The van der Waals surface area contributed by atoms with Gasteiger partial charge in [-0.1, -0.05) is 31.9 Å². The predicted octanol–water partition coefficient (Wildman–Crippen LogP) is 4.05. The molecule has 0 aromatic heterocycles. The first-order chi connectivity index (χ1) is 12.0. The zero-order valence-corrected chi connectivity index (χ0v) is 17.7. The molecule has 0 saturated carbocycles. The van der Waals surface area contributed by atoms with E-state index in [9.17, 15) is 25.0 Å². The summed E-state index contributed by atoms with van der Waals surface area (Å²) in [5.74, 6) is -0.853. The summed E-state index contributed by atoms with van der Waals surface area (Å²) in [6.45, 7) is 5.65. The highest BCUT2D eigenvalue weighted by Gasteiger charge is 2.32. The van der Waals surface area contributed by atoms with Crippen LogP contribution in [-0.2, 0) is 4.74 Å². The third kappa shape index (κ3) is 5.90. The topological polar surface area (TPSA) is 116 Å². The summed E-state index contributed by atoms with van der Waals surface area (Å²) < 4.78 is 5.31. The highest BCUT2D eigenvalue weighted by atomic mass is 79.9. The summed E-state index contributed by atoms with van der Waals surface area (Å²) in [6, 6.07) is 1.88. The highest BCUT2D eigenvalue weighted by molar-refractivity contribution is 9.09. The fourth-order valence-electron chi connectivity index (χ4n) is 2.21. The third-order valence-corrected chi connectivity index (χ3v) is 3.84. The molecule has 0 aliphatic heterocycles. The van der Waals surface area contributed by atoms with Crippen LogP contribution < -0.4 is 4.90 Å². The van der Waals surface area contributed by atoms with Crippen LogP contribution >= 0.6 is 31.9 Å². The second-order valence-corrected chi connectivity index (χ2v) is 7.83. The second-order valence-electron chi connectivity index (χ2n) is 6.24. The molecule has 9 nitrogen and oxygen atoms in total. The highest BCUT2D eigenvalue weighted by Crippen LogP contribution is 2.37. The molecule has 0 radical (unpaired) electrons. The van der Waals surface area contributed by atoms with Gasteiger partial charge >= 0.3 is 5.97 Å². The molecule has 0 bridgehead atoms. The summed E-state index contributed by atoms with van der Waals surface area (Å²) in [7, 11) is 0. The lowest BCUT2D eigenvalue weighted by Gasteiger charge is -2.26. The van der Waals surface area contributed by atoms with Gasteiger partial charge < -0.3 is 9.64 Å². The Kier molecular flexibility index (Phi) is 7.94. The number of nitro benzene ring substituents is 2. The number of alkyl halides is 2. The van der Waals surface area contributed by atoms with Gasteiger partial charge in [0.1, 0.15) is 11.3 Å². The van der Waals surface area contributed by atoms with Gasteiger partial charge in [0.15, 0.2) is 0 Å². The number of benzene rings is 1. The Balaban J connectivity index is 3.71. The van der Waals surface area contributed by atoms with Gasteiger partial charge in [-0.15, -0.1) is 0 Å². The van der Waals surface area contributed by atoms with Gasteiger partial charge in [-0.3, -0.25) is 20.2 Å². The number of non-ortho nitro benzene ring substituents is 1. The van der Waals surface area contributed by atoms with Crippen molar-refractivity contribution in [3.8, 4) is 0 Å². The molecule has 0 fully saturated rings. The molecule has 1 aromatic rings. The van der Waals surface area contributed by atoms with Crippen LogP contribution in [0, 0.1) is 20.2 Å². The number of esters is 1. The Morgan fingerprint density at radius 3 is 2.04 bits per heavy atom. The number of anilines is 1. The Bertz CT molecular complexity index is 699. The SMILES string of the molecule is CC(C)(C)OC(=O)c1cc([N+](=O)[O-])cc([N+](=O)[O-])c1N(CCBr)CCBr. The van der Waals surface area contributed by atoms with E-state index in [0.717, 1.165) is 12.1 Å². The first-order valence-corrected chi connectivity index (χ1v) is 9.83. The van der Waals surface area contributed by atoms with Crippen LogP contribution in [0.5, 0.6) is 0 Å². The number of rotatable bonds is 8. The van der Waals surface area contributed by atoms with Gasteiger partial charge in [0.2, 0.25) is 0 Å². The third-order valence-electron chi connectivity index (χ3n) is 3.13. The maximum absolute atomic E-state index is 12.6. The van der Waals surface area contributed by atoms with E-state index in [4.69, 9.17) is 4.74 Å². The molecule has 0 N–H and O–H groups in total. The lowest BCUT2D eigenvalue weighted by molar-refractivity contribution is -0.393. The maximum Gasteiger partial charge on any atom is 0.341 e. The van der Waals surface area contributed by atoms with Crippen molar-refractivity contribution in [3.05, 3.63) is 37.9 Å². The minimum Gasteiger partial charge on any atom is -0.456 e. The Labute approximate surface area is 167 Å². The first-order valence-electron chi connectivity index (χ1n) is 7.59. The number of ether oxygens (including phenoxy) is 1. The van der Waals surface area contributed by atoms with E-state index in [-0.39, 0.29) is 11.3 Å². The van der Waals surface area contributed by atoms with Crippen molar-refractivity contribution < 1.29 is 19.4 Å². The van der Waals surface area contributed by atoms with Crippen LogP contribution in [0.3, 0.4) is 0 Å². The van der Waals surface area contributed by atoms with Crippen LogP contribution in [0.4, 0.5) is 17.1 Å². The average molecular weight is 497 g/mol. The minimum atomic E-state index is -0.858. The summed E-state index contributed by atoms with van der Waals surface area (Å²) >= 11 is 6.55. The monoisotopic (exact) mass is 495 g/mol. The molecule has 0 amide bonds. The minimum absolute atomic E-state index is 0.00810. The van der Waals surface area contributed by atoms with Gasteiger partial charge in [0, 0.05) is 29.8 Å². The normalized spacial score (nSPS) is 11.1. The van der Waals surface area contributed by atoms with Gasteiger partial charge in [-0.25, -0.2) is 4.79 Å². The molecule has 0 heterocycles. The van der Waals surface area contributed by atoms with Crippen LogP contribution in [0.15, 0.2) is 12.1 Å². The Morgan fingerprint density at radius 1 is 1.12 bits per heavy atom. The van der Waals surface area contributed by atoms with Gasteiger partial charge in [0.05, 0.1) is 21.5 Å². The Morgan fingerprint density at radius 2 is 1.65 bits per heavy atom. The lowest BCUT2D eigenvalue weighted by atomic mass is 10.1.